The van der Waals surface area contributed by atoms with E-state index in [9.17, 15) is 9.59 Å². The van der Waals surface area contributed by atoms with Gasteiger partial charge in [0.25, 0.3) is 0 Å². The van der Waals surface area contributed by atoms with E-state index in [1.807, 2.05) is 13.8 Å². The number of ether oxygens (including phenoxy) is 1. The Morgan fingerprint density at radius 2 is 2.00 bits per heavy atom. The van der Waals surface area contributed by atoms with Gasteiger partial charge in [0.15, 0.2) is 5.78 Å². The number of carbonyl (C=O) groups is 2. The monoisotopic (exact) mass is 210 g/mol. The molecular formula is C12H18O3. The van der Waals surface area contributed by atoms with E-state index in [0.29, 0.717) is 12.3 Å². The maximum Gasteiger partial charge on any atom is 0.341 e. The first-order valence-corrected chi connectivity index (χ1v) is 4.98. The second-order valence-electron chi connectivity index (χ2n) is 3.69. The van der Waals surface area contributed by atoms with Crippen LogP contribution in [0.2, 0.25) is 0 Å². The Morgan fingerprint density at radius 1 is 1.40 bits per heavy atom. The zero-order chi connectivity index (χ0) is 11.8. The molecule has 0 aromatic heterocycles. The van der Waals surface area contributed by atoms with Crippen LogP contribution in [0.3, 0.4) is 0 Å². The number of Topliss-reactive ketones (excluding diaryl/α,β-unsaturated/α-hetero) is 1. The maximum atomic E-state index is 11.4. The number of hydrogen-bond acceptors (Lipinski definition) is 3. The molecule has 0 atom stereocenters. The molecule has 0 aromatic carbocycles. The Labute approximate surface area is 90.8 Å². The Morgan fingerprint density at radius 3 is 2.40 bits per heavy atom. The van der Waals surface area contributed by atoms with Crippen molar-refractivity contribution in [2.45, 2.75) is 27.2 Å². The van der Waals surface area contributed by atoms with Crippen LogP contribution in [0.5, 0.6) is 0 Å². The van der Waals surface area contributed by atoms with E-state index in [4.69, 9.17) is 4.74 Å². The van der Waals surface area contributed by atoms with Crippen molar-refractivity contribution in [3.63, 3.8) is 0 Å². The second-order valence-corrected chi connectivity index (χ2v) is 3.69. The van der Waals surface area contributed by atoms with E-state index < -0.39 is 5.97 Å². The molecule has 0 aromatic rings. The first-order chi connectivity index (χ1) is 6.99. The van der Waals surface area contributed by atoms with Crippen LogP contribution in [0, 0.1) is 5.92 Å². The largest absolute Gasteiger partial charge is 0.458 e. The van der Waals surface area contributed by atoms with Gasteiger partial charge in [0, 0.05) is 0 Å². The number of carbonyl (C=O) groups excluding carboxylic acids is 2. The molecule has 0 saturated heterocycles. The van der Waals surface area contributed by atoms with Gasteiger partial charge in [0.1, 0.15) is 6.61 Å². The summed E-state index contributed by atoms with van der Waals surface area (Å²) in [5, 5.41) is 0. The number of ketones is 1. The van der Waals surface area contributed by atoms with Gasteiger partial charge in [-0.15, -0.1) is 0 Å². The summed E-state index contributed by atoms with van der Waals surface area (Å²) in [6, 6.07) is 0. The van der Waals surface area contributed by atoms with E-state index >= 15 is 0 Å². The molecule has 3 heteroatoms. The van der Waals surface area contributed by atoms with E-state index in [1.54, 1.807) is 6.08 Å². The standard InChI is InChI=1S/C12H18O3/c1-5-8-15-12(14)11(10(4)13)7-6-9(2)3/h5,7,9H,1,6,8H2,2-4H3/b11-7+. The smallest absolute Gasteiger partial charge is 0.341 e. The average molecular weight is 210 g/mol. The highest BCUT2D eigenvalue weighted by molar-refractivity contribution is 6.16. The fourth-order valence-corrected chi connectivity index (χ4v) is 0.937. The molecule has 3 nitrogen and oxygen atoms in total. The number of rotatable bonds is 6. The highest BCUT2D eigenvalue weighted by Gasteiger charge is 2.15. The van der Waals surface area contributed by atoms with Crippen LogP contribution in [0.25, 0.3) is 0 Å². The molecule has 0 aliphatic heterocycles. The quantitative estimate of drug-likeness (QED) is 0.222. The lowest BCUT2D eigenvalue weighted by molar-refractivity contribution is -0.139. The number of esters is 1. The van der Waals surface area contributed by atoms with Gasteiger partial charge in [-0.25, -0.2) is 4.79 Å². The Balaban J connectivity index is 4.51. The summed E-state index contributed by atoms with van der Waals surface area (Å²) in [7, 11) is 0. The summed E-state index contributed by atoms with van der Waals surface area (Å²) in [4.78, 5) is 22.6. The van der Waals surface area contributed by atoms with Crippen LogP contribution in [0.15, 0.2) is 24.3 Å². The van der Waals surface area contributed by atoms with Crippen molar-refractivity contribution >= 4 is 11.8 Å². The van der Waals surface area contributed by atoms with Crippen molar-refractivity contribution in [1.29, 1.82) is 0 Å². The van der Waals surface area contributed by atoms with E-state index in [2.05, 4.69) is 6.58 Å². The maximum absolute atomic E-state index is 11.4. The number of allylic oxidation sites excluding steroid dienone is 1. The Kier molecular flexibility index (Phi) is 6.34. The zero-order valence-corrected chi connectivity index (χ0v) is 9.58. The summed E-state index contributed by atoms with van der Waals surface area (Å²) < 4.78 is 4.80. The molecule has 0 aliphatic carbocycles. The molecule has 84 valence electrons. The molecule has 0 N–H and O–H groups in total. The third-order valence-corrected chi connectivity index (χ3v) is 1.72. The van der Waals surface area contributed by atoms with Gasteiger partial charge < -0.3 is 4.74 Å². The van der Waals surface area contributed by atoms with Gasteiger partial charge >= 0.3 is 5.97 Å². The lowest BCUT2D eigenvalue weighted by atomic mass is 10.1. The van der Waals surface area contributed by atoms with Crippen LogP contribution >= 0.6 is 0 Å². The zero-order valence-electron chi connectivity index (χ0n) is 9.58. The molecule has 0 heterocycles. The summed E-state index contributed by atoms with van der Waals surface area (Å²) in [6.45, 7) is 8.96. The van der Waals surface area contributed by atoms with Crippen LogP contribution < -0.4 is 0 Å². The van der Waals surface area contributed by atoms with Gasteiger partial charge in [-0.1, -0.05) is 32.6 Å². The average Bonchev–Trinajstić information content (AvgIpc) is 2.13. The van der Waals surface area contributed by atoms with Gasteiger partial charge in [0.05, 0.1) is 5.57 Å². The van der Waals surface area contributed by atoms with Crippen LogP contribution in [-0.4, -0.2) is 18.4 Å². The highest BCUT2D eigenvalue weighted by Crippen LogP contribution is 2.07. The predicted octanol–water partition coefficient (Wildman–Crippen LogP) is 2.28. The molecule has 0 amide bonds. The minimum absolute atomic E-state index is 0.130. The van der Waals surface area contributed by atoms with Crippen molar-refractivity contribution in [2.24, 2.45) is 5.92 Å². The normalized spacial score (nSPS) is 11.3. The highest BCUT2D eigenvalue weighted by atomic mass is 16.5. The fourth-order valence-electron chi connectivity index (χ4n) is 0.937. The first kappa shape index (κ1) is 13.6. The summed E-state index contributed by atoms with van der Waals surface area (Å²) in [5.74, 6) is -0.417. The second kappa shape index (κ2) is 6.98. The molecule has 0 unspecified atom stereocenters. The van der Waals surface area contributed by atoms with Gasteiger partial charge in [-0.05, 0) is 19.3 Å². The number of hydrogen-bond donors (Lipinski definition) is 0. The first-order valence-electron chi connectivity index (χ1n) is 4.98. The third-order valence-electron chi connectivity index (χ3n) is 1.72. The lowest BCUT2D eigenvalue weighted by Crippen LogP contribution is -2.14. The van der Waals surface area contributed by atoms with Crippen molar-refractivity contribution in [2.75, 3.05) is 6.61 Å². The molecule has 0 bridgehead atoms. The molecule has 0 saturated carbocycles. The Bertz CT molecular complexity index is 275. The molecule has 0 rings (SSSR count). The van der Waals surface area contributed by atoms with Crippen LogP contribution in [0.4, 0.5) is 0 Å². The molecule has 0 radical (unpaired) electrons. The summed E-state index contributed by atoms with van der Waals surface area (Å²) in [6.07, 6.45) is 3.80. The van der Waals surface area contributed by atoms with Crippen molar-refractivity contribution in [1.82, 2.24) is 0 Å². The van der Waals surface area contributed by atoms with Gasteiger partial charge in [-0.3, -0.25) is 4.79 Å². The topological polar surface area (TPSA) is 43.4 Å². The summed E-state index contributed by atoms with van der Waals surface area (Å²) in [5.41, 5.74) is 0.130. The van der Waals surface area contributed by atoms with Crippen LogP contribution in [-0.2, 0) is 14.3 Å². The SMILES string of the molecule is C=CCOC(=O)/C(=C/CC(C)C)C(C)=O. The van der Waals surface area contributed by atoms with E-state index in [-0.39, 0.29) is 18.0 Å². The van der Waals surface area contributed by atoms with Crippen molar-refractivity contribution < 1.29 is 14.3 Å². The molecule has 0 spiro atoms. The van der Waals surface area contributed by atoms with Crippen molar-refractivity contribution in [3.8, 4) is 0 Å². The fraction of sp³-hybridized carbons (Fsp3) is 0.500. The third kappa shape index (κ3) is 5.83. The van der Waals surface area contributed by atoms with E-state index in [0.717, 1.165) is 0 Å². The summed E-state index contributed by atoms with van der Waals surface area (Å²) >= 11 is 0. The molecule has 0 fully saturated rings. The molecule has 0 aliphatic rings. The Hall–Kier alpha value is -1.38. The van der Waals surface area contributed by atoms with Gasteiger partial charge in [-0.2, -0.15) is 0 Å². The molecule has 15 heavy (non-hydrogen) atoms. The lowest BCUT2D eigenvalue weighted by Gasteiger charge is -2.04. The van der Waals surface area contributed by atoms with Crippen molar-refractivity contribution in [3.05, 3.63) is 24.3 Å². The minimum Gasteiger partial charge on any atom is -0.458 e. The van der Waals surface area contributed by atoms with E-state index in [1.165, 1.54) is 13.0 Å². The molecular weight excluding hydrogens is 192 g/mol. The predicted molar refractivity (Wildman–Crippen MR) is 59.4 cm³/mol. The van der Waals surface area contributed by atoms with Crippen LogP contribution in [0.1, 0.15) is 27.2 Å². The van der Waals surface area contributed by atoms with Gasteiger partial charge in [0.2, 0.25) is 0 Å². The minimum atomic E-state index is -0.567.